The average Bonchev–Trinajstić information content (AvgIpc) is 3.04. The van der Waals surface area contributed by atoms with Crippen molar-refractivity contribution in [3.8, 4) is 5.75 Å². The van der Waals surface area contributed by atoms with Gasteiger partial charge in [0.2, 0.25) is 5.91 Å². The number of aliphatic imine (C=N–C) groups is 1. The normalized spacial score (nSPS) is 26.8. The summed E-state index contributed by atoms with van der Waals surface area (Å²) >= 11 is 0. The maximum absolute atomic E-state index is 12.3. The number of carbonyl (C=O) groups is 2. The molecule has 2 N–H and O–H groups in total. The second-order valence-corrected chi connectivity index (χ2v) is 5.86. The number of methoxy groups -OCH3 is 1. The van der Waals surface area contributed by atoms with Gasteiger partial charge in [-0.1, -0.05) is 18.2 Å². The Morgan fingerprint density at radius 3 is 2.79 bits per heavy atom. The van der Waals surface area contributed by atoms with E-state index < -0.39 is 18.1 Å². The van der Waals surface area contributed by atoms with E-state index in [1.54, 1.807) is 33.2 Å². The molecule has 7 nitrogen and oxygen atoms in total. The van der Waals surface area contributed by atoms with Crippen molar-refractivity contribution >= 4 is 23.6 Å². The number of aliphatic hydroxyl groups is 1. The Labute approximate surface area is 139 Å². The summed E-state index contributed by atoms with van der Waals surface area (Å²) in [4.78, 5) is 30.1. The minimum atomic E-state index is -0.710. The summed E-state index contributed by atoms with van der Waals surface area (Å²) < 4.78 is 5.24. The zero-order chi connectivity index (χ0) is 17.4. The highest BCUT2D eigenvalue weighted by Gasteiger charge is 2.48. The number of benzene rings is 1. The number of nitrogens with zero attached hydrogens (tertiary/aromatic N) is 2. The van der Waals surface area contributed by atoms with E-state index in [0.717, 1.165) is 0 Å². The highest BCUT2D eigenvalue weighted by molar-refractivity contribution is 6.11. The number of piperidine rings is 1. The summed E-state index contributed by atoms with van der Waals surface area (Å²) in [5.74, 6) is -0.503. The summed E-state index contributed by atoms with van der Waals surface area (Å²) in [6.45, 7) is 1.58. The second-order valence-electron chi connectivity index (χ2n) is 5.86. The third kappa shape index (κ3) is 2.51. The average molecular weight is 329 g/mol. The fourth-order valence-electron chi connectivity index (χ4n) is 2.96. The summed E-state index contributed by atoms with van der Waals surface area (Å²) in [6, 6.07) is 6.59. The molecule has 0 bridgehead atoms. The molecule has 1 saturated heterocycles. The molecule has 1 fully saturated rings. The number of hydrogen-bond donors (Lipinski definition) is 2. The highest BCUT2D eigenvalue weighted by Crippen LogP contribution is 2.26. The Kier molecular flexibility index (Phi) is 4.01. The van der Waals surface area contributed by atoms with Crippen molar-refractivity contribution in [2.45, 2.75) is 19.1 Å². The molecule has 2 aliphatic rings. The summed E-state index contributed by atoms with van der Waals surface area (Å²) in [6.07, 6.45) is 0.877. The maximum atomic E-state index is 12.3. The van der Waals surface area contributed by atoms with Crippen LogP contribution in [-0.4, -0.2) is 53.9 Å². The summed E-state index contributed by atoms with van der Waals surface area (Å²) in [7, 11) is 3.16. The number of carbonyl (C=O) groups excluding carboxylic acids is 2. The highest BCUT2D eigenvalue weighted by atomic mass is 16.5. The molecular weight excluding hydrogens is 310 g/mol. The van der Waals surface area contributed by atoms with E-state index in [1.165, 1.54) is 11.0 Å². The van der Waals surface area contributed by atoms with Crippen molar-refractivity contribution in [2.75, 3.05) is 14.2 Å². The van der Waals surface area contributed by atoms with Crippen molar-refractivity contribution in [3.63, 3.8) is 0 Å². The maximum Gasteiger partial charge on any atom is 0.234 e. The van der Waals surface area contributed by atoms with Gasteiger partial charge in [-0.25, -0.2) is 4.99 Å². The van der Waals surface area contributed by atoms with E-state index in [1.807, 2.05) is 12.1 Å². The molecule has 0 saturated carbocycles. The van der Waals surface area contributed by atoms with Crippen LogP contribution in [0.5, 0.6) is 5.75 Å². The number of aliphatic hydroxyl groups excluding tert-OH is 1. The van der Waals surface area contributed by atoms with Gasteiger partial charge in [-0.3, -0.25) is 9.59 Å². The molecule has 2 aliphatic heterocycles. The van der Waals surface area contributed by atoms with Gasteiger partial charge in [-0.05, 0) is 19.1 Å². The third-order valence-corrected chi connectivity index (χ3v) is 4.37. The molecule has 2 heterocycles. The van der Waals surface area contributed by atoms with Crippen LogP contribution in [0.15, 0.2) is 35.0 Å². The van der Waals surface area contributed by atoms with Crippen LogP contribution < -0.4 is 10.1 Å². The van der Waals surface area contributed by atoms with Crippen molar-refractivity contribution < 1.29 is 19.4 Å². The quantitative estimate of drug-likeness (QED) is 0.637. The lowest BCUT2D eigenvalue weighted by molar-refractivity contribution is -0.147. The van der Waals surface area contributed by atoms with Crippen molar-refractivity contribution in [2.24, 2.45) is 10.9 Å². The van der Waals surface area contributed by atoms with Gasteiger partial charge in [0, 0.05) is 12.6 Å². The number of ketones is 1. The van der Waals surface area contributed by atoms with Crippen LogP contribution in [0.25, 0.3) is 6.08 Å². The van der Waals surface area contributed by atoms with E-state index in [0.29, 0.717) is 11.3 Å². The molecule has 1 aromatic rings. The SMILES string of the molecule is COc1ccccc1/C=C(\O)C1=NC2C(N1)C(=O)C(C)C(=O)N2C. The zero-order valence-corrected chi connectivity index (χ0v) is 13.7. The topological polar surface area (TPSA) is 91.2 Å². The number of likely N-dealkylation sites (tertiary alicyclic amines) is 1. The molecule has 24 heavy (non-hydrogen) atoms. The molecular formula is C17H19N3O4. The lowest BCUT2D eigenvalue weighted by Gasteiger charge is -2.34. The van der Waals surface area contributed by atoms with E-state index in [4.69, 9.17) is 4.74 Å². The van der Waals surface area contributed by atoms with Crippen molar-refractivity contribution in [3.05, 3.63) is 35.6 Å². The van der Waals surface area contributed by atoms with E-state index in [-0.39, 0.29) is 23.3 Å². The van der Waals surface area contributed by atoms with Crippen LogP contribution in [0.1, 0.15) is 12.5 Å². The van der Waals surface area contributed by atoms with Crippen molar-refractivity contribution in [1.29, 1.82) is 0 Å². The fraction of sp³-hybridized carbons (Fsp3) is 0.353. The number of nitrogens with one attached hydrogen (secondary N) is 1. The smallest absolute Gasteiger partial charge is 0.234 e. The molecule has 3 unspecified atom stereocenters. The van der Waals surface area contributed by atoms with Gasteiger partial charge in [0.05, 0.1) is 13.0 Å². The van der Waals surface area contributed by atoms with Gasteiger partial charge in [0.25, 0.3) is 0 Å². The number of amides is 1. The van der Waals surface area contributed by atoms with Crippen molar-refractivity contribution in [1.82, 2.24) is 10.2 Å². The number of fused-ring (bicyclic) bond motifs is 1. The molecule has 0 aliphatic carbocycles. The monoisotopic (exact) mass is 329 g/mol. The van der Waals surface area contributed by atoms with Crippen LogP contribution >= 0.6 is 0 Å². The van der Waals surface area contributed by atoms with Crippen LogP contribution in [0.3, 0.4) is 0 Å². The number of para-hydroxylation sites is 1. The standard InChI is InChI=1S/C17H19N3O4/c1-9-14(22)13-16(20(2)17(9)23)19-15(18-13)11(21)8-10-6-4-5-7-12(10)24-3/h4-9,13,16,21H,1-3H3,(H,18,19)/b11-8-. The van der Waals surface area contributed by atoms with Gasteiger partial charge in [-0.2, -0.15) is 0 Å². The largest absolute Gasteiger partial charge is 0.504 e. The van der Waals surface area contributed by atoms with Crippen LogP contribution in [0, 0.1) is 5.92 Å². The molecule has 3 rings (SSSR count). The fourth-order valence-corrected chi connectivity index (χ4v) is 2.96. The molecule has 1 amide bonds. The Balaban J connectivity index is 1.90. The van der Waals surface area contributed by atoms with E-state index >= 15 is 0 Å². The number of likely N-dealkylation sites (N-methyl/N-ethyl adjacent to an activating group) is 1. The number of hydrogen-bond acceptors (Lipinski definition) is 6. The summed E-state index contributed by atoms with van der Waals surface area (Å²) in [5, 5.41) is 13.3. The predicted molar refractivity (Wildman–Crippen MR) is 88.7 cm³/mol. The van der Waals surface area contributed by atoms with E-state index in [9.17, 15) is 14.7 Å². The Morgan fingerprint density at radius 2 is 2.08 bits per heavy atom. The van der Waals surface area contributed by atoms with Gasteiger partial charge in [0.1, 0.15) is 11.8 Å². The molecule has 0 spiro atoms. The summed E-state index contributed by atoms with van der Waals surface area (Å²) in [5.41, 5.74) is 0.681. The van der Waals surface area contributed by atoms with Gasteiger partial charge < -0.3 is 20.1 Å². The van der Waals surface area contributed by atoms with Gasteiger partial charge >= 0.3 is 0 Å². The minimum Gasteiger partial charge on any atom is -0.504 e. The van der Waals surface area contributed by atoms with Gasteiger partial charge in [0.15, 0.2) is 23.5 Å². The number of ether oxygens (including phenoxy) is 1. The minimum absolute atomic E-state index is 0.116. The molecule has 0 radical (unpaired) electrons. The number of amidine groups is 1. The third-order valence-electron chi connectivity index (χ3n) is 4.37. The Hall–Kier alpha value is -2.83. The second kappa shape index (κ2) is 5.99. The molecule has 126 valence electrons. The van der Waals surface area contributed by atoms with Gasteiger partial charge in [-0.15, -0.1) is 0 Å². The number of Topliss-reactive ketones (excluding diaryl/α,β-unsaturated/α-hetero) is 1. The first-order valence-corrected chi connectivity index (χ1v) is 7.63. The Bertz CT molecular complexity index is 756. The first-order chi connectivity index (χ1) is 11.4. The molecule has 7 heteroatoms. The molecule has 1 aromatic carbocycles. The van der Waals surface area contributed by atoms with Crippen LogP contribution in [-0.2, 0) is 9.59 Å². The first-order valence-electron chi connectivity index (χ1n) is 7.63. The zero-order valence-electron chi connectivity index (χ0n) is 13.7. The first kappa shape index (κ1) is 16.0. The predicted octanol–water partition coefficient (Wildman–Crippen LogP) is 0.968. The molecule has 0 aromatic heterocycles. The van der Waals surface area contributed by atoms with Crippen LogP contribution in [0.2, 0.25) is 0 Å². The lowest BCUT2D eigenvalue weighted by atomic mass is 9.92. The van der Waals surface area contributed by atoms with Crippen LogP contribution in [0.4, 0.5) is 0 Å². The molecule has 3 atom stereocenters. The van der Waals surface area contributed by atoms with E-state index in [2.05, 4.69) is 10.3 Å². The number of rotatable bonds is 3. The Morgan fingerprint density at radius 1 is 1.38 bits per heavy atom. The lowest BCUT2D eigenvalue weighted by Crippen LogP contribution is -2.59.